The van der Waals surface area contributed by atoms with Gasteiger partial charge in [-0.15, -0.1) is 0 Å². The highest BCUT2D eigenvalue weighted by molar-refractivity contribution is 5.54. The Labute approximate surface area is 105 Å². The molecule has 1 N–H and O–H groups in total. The van der Waals surface area contributed by atoms with Crippen LogP contribution in [0.15, 0.2) is 18.2 Å². The van der Waals surface area contributed by atoms with Gasteiger partial charge in [0, 0.05) is 24.8 Å². The first kappa shape index (κ1) is 12.4. The highest BCUT2D eigenvalue weighted by Gasteiger charge is 2.19. The van der Waals surface area contributed by atoms with E-state index < -0.39 is 0 Å². The Morgan fingerprint density at radius 2 is 1.94 bits per heavy atom. The van der Waals surface area contributed by atoms with Gasteiger partial charge in [0.05, 0.1) is 0 Å². The molecule has 0 aliphatic carbocycles. The van der Waals surface area contributed by atoms with Gasteiger partial charge in [-0.3, -0.25) is 0 Å². The maximum absolute atomic E-state index is 3.55. The standard InChI is InChI=1S/C15H24N2/c1-4-16-14-7-9-17(10-8-14)15-6-5-12(2)11-13(15)3/h5-6,11,14,16H,4,7-10H2,1-3H3. The molecule has 1 saturated heterocycles. The zero-order valence-corrected chi connectivity index (χ0v) is 11.3. The lowest BCUT2D eigenvalue weighted by atomic mass is 10.0. The molecule has 1 aliphatic rings. The summed E-state index contributed by atoms with van der Waals surface area (Å²) in [5.74, 6) is 0. The SMILES string of the molecule is CCNC1CCN(c2ccc(C)cc2C)CC1. The highest BCUT2D eigenvalue weighted by Crippen LogP contribution is 2.24. The quantitative estimate of drug-likeness (QED) is 0.862. The number of hydrogen-bond acceptors (Lipinski definition) is 2. The van der Waals surface area contributed by atoms with Gasteiger partial charge in [0.25, 0.3) is 0 Å². The summed E-state index contributed by atoms with van der Waals surface area (Å²) in [4.78, 5) is 2.53. The molecule has 1 aromatic rings. The van der Waals surface area contributed by atoms with Crippen molar-refractivity contribution in [2.24, 2.45) is 0 Å². The third-order valence-corrected chi connectivity index (χ3v) is 3.68. The van der Waals surface area contributed by atoms with Crippen molar-refractivity contribution in [3.8, 4) is 0 Å². The largest absolute Gasteiger partial charge is 0.371 e. The summed E-state index contributed by atoms with van der Waals surface area (Å²) in [6.45, 7) is 10.0. The minimum Gasteiger partial charge on any atom is -0.371 e. The molecule has 2 heteroatoms. The molecule has 0 bridgehead atoms. The van der Waals surface area contributed by atoms with Gasteiger partial charge in [0.1, 0.15) is 0 Å². The van der Waals surface area contributed by atoms with Crippen molar-refractivity contribution in [3.63, 3.8) is 0 Å². The van der Waals surface area contributed by atoms with Crippen LogP contribution in [0.3, 0.4) is 0 Å². The predicted molar refractivity (Wildman–Crippen MR) is 74.8 cm³/mol. The van der Waals surface area contributed by atoms with Crippen molar-refractivity contribution in [3.05, 3.63) is 29.3 Å². The number of rotatable bonds is 3. The van der Waals surface area contributed by atoms with Crippen LogP contribution in [0, 0.1) is 13.8 Å². The molecule has 0 aromatic heterocycles. The van der Waals surface area contributed by atoms with Gasteiger partial charge in [-0.2, -0.15) is 0 Å². The van der Waals surface area contributed by atoms with E-state index in [-0.39, 0.29) is 0 Å². The maximum atomic E-state index is 3.55. The number of aryl methyl sites for hydroxylation is 2. The number of benzene rings is 1. The van der Waals surface area contributed by atoms with Crippen LogP contribution in [-0.4, -0.2) is 25.7 Å². The molecule has 1 aliphatic heterocycles. The third kappa shape index (κ3) is 3.01. The van der Waals surface area contributed by atoms with Crippen molar-refractivity contribution in [2.45, 2.75) is 39.7 Å². The summed E-state index contributed by atoms with van der Waals surface area (Å²) >= 11 is 0. The lowest BCUT2D eigenvalue weighted by molar-refractivity contribution is 0.423. The highest BCUT2D eigenvalue weighted by atomic mass is 15.1. The average Bonchev–Trinajstić information content (AvgIpc) is 2.31. The van der Waals surface area contributed by atoms with Crippen molar-refractivity contribution < 1.29 is 0 Å². The monoisotopic (exact) mass is 232 g/mol. The molecule has 2 rings (SSSR count). The fraction of sp³-hybridized carbons (Fsp3) is 0.600. The number of nitrogens with one attached hydrogen (secondary N) is 1. The van der Waals surface area contributed by atoms with Crippen LogP contribution >= 0.6 is 0 Å². The summed E-state index contributed by atoms with van der Waals surface area (Å²) in [5.41, 5.74) is 4.19. The number of anilines is 1. The van der Waals surface area contributed by atoms with Gasteiger partial charge in [-0.25, -0.2) is 0 Å². The molecule has 0 radical (unpaired) electrons. The summed E-state index contributed by atoms with van der Waals surface area (Å²) in [7, 11) is 0. The molecule has 0 saturated carbocycles. The van der Waals surface area contributed by atoms with Crippen LogP contribution in [0.1, 0.15) is 30.9 Å². The molecule has 0 spiro atoms. The van der Waals surface area contributed by atoms with E-state index in [2.05, 4.69) is 49.2 Å². The van der Waals surface area contributed by atoms with E-state index >= 15 is 0 Å². The first-order chi connectivity index (χ1) is 8.20. The lowest BCUT2D eigenvalue weighted by Crippen LogP contribution is -2.42. The van der Waals surface area contributed by atoms with Crippen LogP contribution in [0.5, 0.6) is 0 Å². The molecule has 94 valence electrons. The number of nitrogens with zero attached hydrogens (tertiary/aromatic N) is 1. The number of hydrogen-bond donors (Lipinski definition) is 1. The van der Waals surface area contributed by atoms with Crippen molar-refractivity contribution in [2.75, 3.05) is 24.5 Å². The molecule has 0 unspecified atom stereocenters. The van der Waals surface area contributed by atoms with Crippen molar-refractivity contribution in [1.29, 1.82) is 0 Å². The smallest absolute Gasteiger partial charge is 0.0396 e. The minimum absolute atomic E-state index is 0.724. The summed E-state index contributed by atoms with van der Waals surface area (Å²) in [6.07, 6.45) is 2.53. The first-order valence-electron chi connectivity index (χ1n) is 6.76. The van der Waals surface area contributed by atoms with E-state index in [4.69, 9.17) is 0 Å². The summed E-state index contributed by atoms with van der Waals surface area (Å²) in [6, 6.07) is 7.50. The first-order valence-corrected chi connectivity index (χ1v) is 6.76. The molecular formula is C15H24N2. The molecular weight excluding hydrogens is 208 g/mol. The van der Waals surface area contributed by atoms with E-state index in [1.54, 1.807) is 0 Å². The summed E-state index contributed by atoms with van der Waals surface area (Å²) < 4.78 is 0. The molecule has 1 fully saturated rings. The molecule has 1 aromatic carbocycles. The fourth-order valence-electron chi connectivity index (χ4n) is 2.77. The van der Waals surface area contributed by atoms with E-state index in [0.29, 0.717) is 0 Å². The zero-order chi connectivity index (χ0) is 12.3. The van der Waals surface area contributed by atoms with Gasteiger partial charge in [-0.1, -0.05) is 24.6 Å². The van der Waals surface area contributed by atoms with Crippen LogP contribution in [0.25, 0.3) is 0 Å². The third-order valence-electron chi connectivity index (χ3n) is 3.68. The van der Waals surface area contributed by atoms with E-state index in [1.165, 1.54) is 42.7 Å². The van der Waals surface area contributed by atoms with Crippen LogP contribution in [0.2, 0.25) is 0 Å². The molecule has 0 atom stereocenters. The van der Waals surface area contributed by atoms with E-state index in [0.717, 1.165) is 12.6 Å². The number of piperidine rings is 1. The Kier molecular flexibility index (Phi) is 4.06. The average molecular weight is 232 g/mol. The minimum atomic E-state index is 0.724. The van der Waals surface area contributed by atoms with Gasteiger partial charge >= 0.3 is 0 Å². The molecule has 0 amide bonds. The van der Waals surface area contributed by atoms with Crippen molar-refractivity contribution >= 4 is 5.69 Å². The Morgan fingerprint density at radius 1 is 1.24 bits per heavy atom. The Hall–Kier alpha value is -1.02. The predicted octanol–water partition coefficient (Wildman–Crippen LogP) is 2.88. The van der Waals surface area contributed by atoms with Crippen molar-refractivity contribution in [1.82, 2.24) is 5.32 Å². The second-order valence-corrected chi connectivity index (χ2v) is 5.11. The molecule has 17 heavy (non-hydrogen) atoms. The lowest BCUT2D eigenvalue weighted by Gasteiger charge is -2.34. The second-order valence-electron chi connectivity index (χ2n) is 5.11. The Balaban J connectivity index is 2.00. The van der Waals surface area contributed by atoms with Crippen LogP contribution < -0.4 is 10.2 Å². The van der Waals surface area contributed by atoms with Gasteiger partial charge < -0.3 is 10.2 Å². The zero-order valence-electron chi connectivity index (χ0n) is 11.3. The summed E-state index contributed by atoms with van der Waals surface area (Å²) in [5, 5.41) is 3.55. The normalized spacial score (nSPS) is 17.5. The van der Waals surface area contributed by atoms with Gasteiger partial charge in [-0.05, 0) is 44.9 Å². The Bertz CT molecular complexity index is 365. The van der Waals surface area contributed by atoms with Gasteiger partial charge in [0.2, 0.25) is 0 Å². The Morgan fingerprint density at radius 3 is 2.53 bits per heavy atom. The topological polar surface area (TPSA) is 15.3 Å². The molecule has 2 nitrogen and oxygen atoms in total. The van der Waals surface area contributed by atoms with Crippen LogP contribution in [0.4, 0.5) is 5.69 Å². The fourth-order valence-corrected chi connectivity index (χ4v) is 2.77. The van der Waals surface area contributed by atoms with E-state index in [9.17, 15) is 0 Å². The second kappa shape index (κ2) is 5.54. The molecule has 1 heterocycles. The van der Waals surface area contributed by atoms with E-state index in [1.807, 2.05) is 0 Å². The van der Waals surface area contributed by atoms with Crippen LogP contribution in [-0.2, 0) is 0 Å². The maximum Gasteiger partial charge on any atom is 0.0396 e. The van der Waals surface area contributed by atoms with Gasteiger partial charge in [0.15, 0.2) is 0 Å².